The zero-order chi connectivity index (χ0) is 33.2. The predicted molar refractivity (Wildman–Crippen MR) is 216 cm³/mol. The number of aryl methyl sites for hydroxylation is 3. The molecule has 2 aromatic rings. The Morgan fingerprint density at radius 2 is 0.826 bits per heavy atom. The highest BCUT2D eigenvalue weighted by atomic mass is 79.9. The Hall–Kier alpha value is -0.600. The molecule has 0 aliphatic heterocycles. The highest BCUT2D eigenvalue weighted by Gasteiger charge is 2.20. The minimum absolute atomic E-state index is 1.19. The predicted octanol–water partition coefficient (Wildman–Crippen LogP) is 16.5. The minimum Gasteiger partial charge on any atom is -0.0654 e. The van der Waals surface area contributed by atoms with Gasteiger partial charge in [0.25, 0.3) is 0 Å². The number of halogens is 2. The first-order valence-corrected chi connectivity index (χ1v) is 21.8. The summed E-state index contributed by atoms with van der Waals surface area (Å²) in [7, 11) is 0. The number of rotatable bonds is 29. The quantitative estimate of drug-likeness (QED) is 0.0725. The highest BCUT2D eigenvalue weighted by Crippen LogP contribution is 2.42. The van der Waals surface area contributed by atoms with Crippen molar-refractivity contribution in [3.8, 4) is 11.1 Å². The molecule has 0 atom stereocenters. The van der Waals surface area contributed by atoms with Gasteiger partial charge in [-0.1, -0.05) is 190 Å². The van der Waals surface area contributed by atoms with Crippen molar-refractivity contribution in [2.75, 3.05) is 0 Å². The van der Waals surface area contributed by atoms with Gasteiger partial charge in [-0.05, 0) is 101 Å². The van der Waals surface area contributed by atoms with Crippen LogP contribution in [0.15, 0.2) is 33.2 Å². The summed E-state index contributed by atoms with van der Waals surface area (Å²) in [5.41, 5.74) is 9.19. The molecule has 2 rings (SSSR count). The second-order valence-electron chi connectivity index (χ2n) is 14.2. The van der Waals surface area contributed by atoms with Gasteiger partial charge in [0.05, 0.1) is 0 Å². The van der Waals surface area contributed by atoms with E-state index < -0.39 is 0 Å². The molecule has 0 saturated heterocycles. The highest BCUT2D eigenvalue weighted by molar-refractivity contribution is 9.11. The largest absolute Gasteiger partial charge is 0.0654 e. The Kier molecular flexibility index (Phi) is 24.6. The van der Waals surface area contributed by atoms with Gasteiger partial charge in [-0.2, -0.15) is 0 Å². The lowest BCUT2D eigenvalue weighted by Gasteiger charge is -2.22. The van der Waals surface area contributed by atoms with Crippen LogP contribution in [0.3, 0.4) is 0 Å². The van der Waals surface area contributed by atoms with E-state index in [-0.39, 0.29) is 0 Å². The van der Waals surface area contributed by atoms with Crippen LogP contribution in [0.4, 0.5) is 0 Å². The number of hydrogen-bond acceptors (Lipinski definition) is 0. The standard InChI is InChI=1S/C44H72Br2/c1-5-9-13-17-21-25-29-37-33-34-41(42(45)35-37)43-40(32-28-24-20-16-12-8-4)38(30-26-22-18-14-10-6-2)36-39(44(43)46)31-27-23-19-15-11-7-3/h33-36H,5-32H2,1-4H3. The van der Waals surface area contributed by atoms with Crippen LogP contribution < -0.4 is 0 Å². The topological polar surface area (TPSA) is 0 Å². The summed E-state index contributed by atoms with van der Waals surface area (Å²) in [6.45, 7) is 9.26. The first kappa shape index (κ1) is 41.6. The molecule has 46 heavy (non-hydrogen) atoms. The fourth-order valence-electron chi connectivity index (χ4n) is 7.09. The molecular formula is C44H72Br2. The number of benzene rings is 2. The SMILES string of the molecule is CCCCCCCCc1ccc(-c2c(Br)c(CCCCCCCC)cc(CCCCCCCC)c2CCCCCCCC)c(Br)c1. The maximum atomic E-state index is 4.25. The first-order chi connectivity index (χ1) is 22.6. The Morgan fingerprint density at radius 1 is 0.413 bits per heavy atom. The van der Waals surface area contributed by atoms with Crippen LogP contribution in [-0.4, -0.2) is 0 Å². The summed E-state index contributed by atoms with van der Waals surface area (Å²) in [5.74, 6) is 0. The van der Waals surface area contributed by atoms with E-state index in [1.165, 1.54) is 205 Å². The summed E-state index contributed by atoms with van der Waals surface area (Å²) in [5, 5.41) is 0. The average Bonchev–Trinajstić information content (AvgIpc) is 3.05. The molecule has 0 amide bonds. The Labute approximate surface area is 304 Å². The van der Waals surface area contributed by atoms with Crippen LogP contribution in [0, 0.1) is 0 Å². The molecule has 0 aromatic heterocycles. The summed E-state index contributed by atoms with van der Waals surface area (Å²) in [4.78, 5) is 0. The average molecular weight is 761 g/mol. The second kappa shape index (κ2) is 27.2. The van der Waals surface area contributed by atoms with Crippen LogP contribution in [0.1, 0.15) is 204 Å². The lowest BCUT2D eigenvalue weighted by molar-refractivity contribution is 0.598. The van der Waals surface area contributed by atoms with E-state index in [0.717, 1.165) is 0 Å². The third-order valence-electron chi connectivity index (χ3n) is 10.0. The van der Waals surface area contributed by atoms with E-state index in [1.807, 2.05) is 0 Å². The van der Waals surface area contributed by atoms with Crippen molar-refractivity contribution in [3.63, 3.8) is 0 Å². The van der Waals surface area contributed by atoms with Crippen molar-refractivity contribution < 1.29 is 0 Å². The van der Waals surface area contributed by atoms with Crippen LogP contribution in [0.25, 0.3) is 11.1 Å². The summed E-state index contributed by atoms with van der Waals surface area (Å²) in [6.07, 6.45) is 37.4. The molecule has 0 nitrogen and oxygen atoms in total. The lowest BCUT2D eigenvalue weighted by atomic mass is 9.86. The van der Waals surface area contributed by atoms with E-state index in [9.17, 15) is 0 Å². The van der Waals surface area contributed by atoms with Gasteiger partial charge >= 0.3 is 0 Å². The zero-order valence-corrected chi connectivity index (χ0v) is 34.0. The molecule has 0 bridgehead atoms. The molecule has 0 radical (unpaired) electrons. The summed E-state index contributed by atoms with van der Waals surface area (Å²) in [6, 6.07) is 9.96. The van der Waals surface area contributed by atoms with Crippen LogP contribution >= 0.6 is 31.9 Å². The fourth-order valence-corrected chi connectivity index (χ4v) is 8.48. The molecule has 0 N–H and O–H groups in total. The van der Waals surface area contributed by atoms with Gasteiger partial charge in [-0.15, -0.1) is 0 Å². The van der Waals surface area contributed by atoms with Gasteiger partial charge < -0.3 is 0 Å². The van der Waals surface area contributed by atoms with Crippen molar-refractivity contribution >= 4 is 31.9 Å². The van der Waals surface area contributed by atoms with Crippen LogP contribution in [0.2, 0.25) is 0 Å². The van der Waals surface area contributed by atoms with Gasteiger partial charge in [0, 0.05) is 14.5 Å². The molecule has 2 aromatic carbocycles. The molecule has 2 heteroatoms. The van der Waals surface area contributed by atoms with Gasteiger partial charge in [0.2, 0.25) is 0 Å². The third kappa shape index (κ3) is 16.7. The van der Waals surface area contributed by atoms with Crippen molar-refractivity contribution in [1.29, 1.82) is 0 Å². The van der Waals surface area contributed by atoms with Crippen LogP contribution in [-0.2, 0) is 25.7 Å². The second-order valence-corrected chi connectivity index (χ2v) is 15.9. The molecule has 0 unspecified atom stereocenters. The maximum absolute atomic E-state index is 4.25. The van der Waals surface area contributed by atoms with Gasteiger partial charge in [0.15, 0.2) is 0 Å². The van der Waals surface area contributed by atoms with E-state index >= 15 is 0 Å². The minimum atomic E-state index is 1.19. The first-order valence-electron chi connectivity index (χ1n) is 20.2. The molecule has 0 aliphatic carbocycles. The molecule has 0 heterocycles. The molecule has 262 valence electrons. The summed E-state index contributed by atoms with van der Waals surface area (Å²) >= 11 is 8.36. The molecule has 0 fully saturated rings. The van der Waals surface area contributed by atoms with Crippen molar-refractivity contribution in [1.82, 2.24) is 0 Å². The van der Waals surface area contributed by atoms with Crippen molar-refractivity contribution in [2.24, 2.45) is 0 Å². The summed E-state index contributed by atoms with van der Waals surface area (Å²) < 4.78 is 2.65. The van der Waals surface area contributed by atoms with Gasteiger partial charge in [-0.3, -0.25) is 0 Å². The normalized spacial score (nSPS) is 11.5. The number of hydrogen-bond donors (Lipinski definition) is 0. The van der Waals surface area contributed by atoms with E-state index in [2.05, 4.69) is 83.8 Å². The third-order valence-corrected chi connectivity index (χ3v) is 11.6. The van der Waals surface area contributed by atoms with E-state index in [1.54, 1.807) is 16.7 Å². The monoisotopic (exact) mass is 758 g/mol. The Balaban J connectivity index is 2.37. The lowest BCUT2D eigenvalue weighted by Crippen LogP contribution is -2.04. The molecule has 0 saturated carbocycles. The van der Waals surface area contributed by atoms with E-state index in [0.29, 0.717) is 0 Å². The number of unbranched alkanes of at least 4 members (excludes halogenated alkanes) is 20. The van der Waals surface area contributed by atoms with Crippen molar-refractivity contribution in [2.45, 2.75) is 207 Å². The van der Waals surface area contributed by atoms with Gasteiger partial charge in [0.1, 0.15) is 0 Å². The zero-order valence-electron chi connectivity index (χ0n) is 30.9. The maximum Gasteiger partial charge on any atom is 0.0289 e. The van der Waals surface area contributed by atoms with E-state index in [4.69, 9.17) is 0 Å². The molecule has 0 spiro atoms. The molecule has 0 aliphatic rings. The van der Waals surface area contributed by atoms with Crippen molar-refractivity contribution in [3.05, 3.63) is 55.5 Å². The molecular weight excluding hydrogens is 688 g/mol. The van der Waals surface area contributed by atoms with Gasteiger partial charge in [-0.25, -0.2) is 0 Å². The van der Waals surface area contributed by atoms with Crippen LogP contribution in [0.5, 0.6) is 0 Å². The smallest absolute Gasteiger partial charge is 0.0289 e. The Morgan fingerprint density at radius 3 is 1.30 bits per heavy atom. The fraction of sp³-hybridized carbons (Fsp3) is 0.727. The Bertz CT molecular complexity index is 1040.